The number of rotatable bonds is 5. The predicted octanol–water partition coefficient (Wildman–Crippen LogP) is 1.01. The molecule has 0 fully saturated rings. The molecule has 0 aliphatic carbocycles. The molecule has 0 bridgehead atoms. The molecule has 16 heavy (non-hydrogen) atoms. The van der Waals surface area contributed by atoms with Crippen molar-refractivity contribution < 1.29 is 4.74 Å². The van der Waals surface area contributed by atoms with Gasteiger partial charge < -0.3 is 21.5 Å². The lowest BCUT2D eigenvalue weighted by molar-refractivity contribution is 0.408. The zero-order valence-electron chi connectivity index (χ0n) is 10.2. The number of benzene rings is 1. The summed E-state index contributed by atoms with van der Waals surface area (Å²) in [4.78, 5) is 0. The number of hydrogen-bond acceptors (Lipinski definition) is 4. The highest BCUT2D eigenvalue weighted by molar-refractivity contribution is 5.55. The smallest absolute Gasteiger partial charge is 0.124 e. The molecule has 0 amide bonds. The van der Waals surface area contributed by atoms with E-state index in [9.17, 15) is 0 Å². The molecule has 1 aromatic rings. The highest BCUT2D eigenvalue weighted by Crippen LogP contribution is 2.26. The van der Waals surface area contributed by atoms with Gasteiger partial charge in [0.1, 0.15) is 5.75 Å². The van der Waals surface area contributed by atoms with Gasteiger partial charge in [-0.2, -0.15) is 0 Å². The van der Waals surface area contributed by atoms with E-state index in [2.05, 4.69) is 17.4 Å². The Hall–Kier alpha value is -1.26. The van der Waals surface area contributed by atoms with E-state index in [-0.39, 0.29) is 6.04 Å². The van der Waals surface area contributed by atoms with Crippen molar-refractivity contribution in [3.8, 4) is 5.75 Å². The molecule has 4 nitrogen and oxygen atoms in total. The topological polar surface area (TPSA) is 73.3 Å². The first-order valence-electron chi connectivity index (χ1n) is 5.43. The van der Waals surface area contributed by atoms with E-state index < -0.39 is 0 Å². The molecule has 0 heterocycles. The summed E-state index contributed by atoms with van der Waals surface area (Å²) >= 11 is 0. The van der Waals surface area contributed by atoms with E-state index in [1.165, 1.54) is 0 Å². The first kappa shape index (κ1) is 12.8. The maximum Gasteiger partial charge on any atom is 0.124 e. The van der Waals surface area contributed by atoms with Crippen LogP contribution in [0.4, 0.5) is 5.69 Å². The van der Waals surface area contributed by atoms with Gasteiger partial charge in [0.15, 0.2) is 0 Å². The first-order chi connectivity index (χ1) is 7.58. The van der Waals surface area contributed by atoms with E-state index in [0.29, 0.717) is 13.1 Å². The van der Waals surface area contributed by atoms with Crippen LogP contribution >= 0.6 is 0 Å². The van der Waals surface area contributed by atoms with Gasteiger partial charge in [-0.1, -0.05) is 0 Å². The molecular formula is C12H21N3O. The summed E-state index contributed by atoms with van der Waals surface area (Å²) in [6, 6.07) is 4.09. The number of hydrogen-bond donors (Lipinski definition) is 3. The van der Waals surface area contributed by atoms with Crippen LogP contribution in [0.25, 0.3) is 0 Å². The Bertz CT molecular complexity index is 329. The van der Waals surface area contributed by atoms with Crippen molar-refractivity contribution in [3.05, 3.63) is 23.3 Å². The molecule has 0 radical (unpaired) electrons. The SMILES string of the molecule is COc1c(C)cc(NCC(N)CN)cc1C. The lowest BCUT2D eigenvalue weighted by Crippen LogP contribution is -2.36. The van der Waals surface area contributed by atoms with Crippen LogP contribution in [0.15, 0.2) is 12.1 Å². The second-order valence-corrected chi connectivity index (χ2v) is 4.02. The van der Waals surface area contributed by atoms with E-state index in [1.807, 2.05) is 13.8 Å². The van der Waals surface area contributed by atoms with Gasteiger partial charge in [-0.05, 0) is 37.1 Å². The molecule has 90 valence electrons. The second kappa shape index (κ2) is 5.72. The van der Waals surface area contributed by atoms with Crippen LogP contribution in [0.2, 0.25) is 0 Å². The summed E-state index contributed by atoms with van der Waals surface area (Å²) in [5.41, 5.74) is 14.5. The Morgan fingerprint density at radius 2 is 1.88 bits per heavy atom. The van der Waals surface area contributed by atoms with Crippen molar-refractivity contribution >= 4 is 5.69 Å². The van der Waals surface area contributed by atoms with Gasteiger partial charge in [0.05, 0.1) is 7.11 Å². The van der Waals surface area contributed by atoms with Gasteiger partial charge >= 0.3 is 0 Å². The number of nitrogens with one attached hydrogen (secondary N) is 1. The van der Waals surface area contributed by atoms with Crippen LogP contribution in [0.5, 0.6) is 5.75 Å². The average molecular weight is 223 g/mol. The average Bonchev–Trinajstić information content (AvgIpc) is 2.25. The van der Waals surface area contributed by atoms with Gasteiger partial charge in [-0.15, -0.1) is 0 Å². The van der Waals surface area contributed by atoms with Gasteiger partial charge in [-0.3, -0.25) is 0 Å². The van der Waals surface area contributed by atoms with Crippen molar-refractivity contribution in [2.75, 3.05) is 25.5 Å². The molecule has 0 aromatic heterocycles. The largest absolute Gasteiger partial charge is 0.496 e. The number of anilines is 1. The third kappa shape index (κ3) is 3.12. The van der Waals surface area contributed by atoms with Crippen molar-refractivity contribution in [3.63, 3.8) is 0 Å². The van der Waals surface area contributed by atoms with Crippen LogP contribution in [0.3, 0.4) is 0 Å². The highest BCUT2D eigenvalue weighted by Gasteiger charge is 2.05. The van der Waals surface area contributed by atoms with Crippen LogP contribution in [0.1, 0.15) is 11.1 Å². The Morgan fingerprint density at radius 3 is 2.31 bits per heavy atom. The van der Waals surface area contributed by atoms with Gasteiger partial charge in [-0.25, -0.2) is 0 Å². The molecule has 0 saturated carbocycles. The summed E-state index contributed by atoms with van der Waals surface area (Å²) in [5, 5.41) is 3.27. The van der Waals surface area contributed by atoms with E-state index in [0.717, 1.165) is 22.6 Å². The number of nitrogens with two attached hydrogens (primary N) is 2. The lowest BCUT2D eigenvalue weighted by atomic mass is 10.1. The van der Waals surface area contributed by atoms with Gasteiger partial charge in [0.2, 0.25) is 0 Å². The highest BCUT2D eigenvalue weighted by atomic mass is 16.5. The van der Waals surface area contributed by atoms with Gasteiger partial charge in [0, 0.05) is 24.8 Å². The zero-order chi connectivity index (χ0) is 12.1. The van der Waals surface area contributed by atoms with Crippen molar-refractivity contribution in [1.29, 1.82) is 0 Å². The quantitative estimate of drug-likeness (QED) is 0.696. The molecule has 0 aliphatic heterocycles. The Labute approximate surface area is 97.0 Å². The predicted molar refractivity (Wildman–Crippen MR) is 68.0 cm³/mol. The third-order valence-electron chi connectivity index (χ3n) is 2.54. The van der Waals surface area contributed by atoms with Crippen molar-refractivity contribution in [2.45, 2.75) is 19.9 Å². The minimum atomic E-state index is -0.0114. The number of methoxy groups -OCH3 is 1. The molecule has 1 atom stereocenters. The summed E-state index contributed by atoms with van der Waals surface area (Å²) in [5.74, 6) is 0.939. The first-order valence-corrected chi connectivity index (χ1v) is 5.43. The fourth-order valence-electron chi connectivity index (χ4n) is 1.71. The monoisotopic (exact) mass is 223 g/mol. The molecular weight excluding hydrogens is 202 g/mol. The molecule has 4 heteroatoms. The molecule has 0 spiro atoms. The Morgan fingerprint density at radius 1 is 1.31 bits per heavy atom. The Kier molecular flexibility index (Phi) is 4.58. The minimum Gasteiger partial charge on any atom is -0.496 e. The maximum atomic E-state index is 5.74. The van der Waals surface area contributed by atoms with Crippen molar-refractivity contribution in [2.24, 2.45) is 11.5 Å². The second-order valence-electron chi connectivity index (χ2n) is 4.02. The number of ether oxygens (including phenoxy) is 1. The maximum absolute atomic E-state index is 5.74. The van der Waals surface area contributed by atoms with E-state index in [1.54, 1.807) is 7.11 Å². The molecule has 1 rings (SSSR count). The standard InChI is InChI=1S/C12H21N3O/c1-8-4-11(15-7-10(14)6-13)5-9(2)12(8)16-3/h4-5,10,15H,6-7,13-14H2,1-3H3. The molecule has 1 aromatic carbocycles. The van der Waals surface area contributed by atoms with Crippen LogP contribution < -0.4 is 21.5 Å². The molecule has 5 N–H and O–H groups in total. The summed E-state index contributed by atoms with van der Waals surface area (Å²) < 4.78 is 5.31. The van der Waals surface area contributed by atoms with Crippen LogP contribution in [0, 0.1) is 13.8 Å². The fraction of sp³-hybridized carbons (Fsp3) is 0.500. The molecule has 0 aliphatic rings. The fourth-order valence-corrected chi connectivity index (χ4v) is 1.71. The lowest BCUT2D eigenvalue weighted by Gasteiger charge is -2.15. The summed E-state index contributed by atoms with van der Waals surface area (Å²) in [6.45, 7) is 5.22. The normalized spacial score (nSPS) is 12.3. The molecule has 0 saturated heterocycles. The summed E-state index contributed by atoms with van der Waals surface area (Å²) in [6.07, 6.45) is 0. The van der Waals surface area contributed by atoms with E-state index >= 15 is 0 Å². The zero-order valence-corrected chi connectivity index (χ0v) is 10.2. The minimum absolute atomic E-state index is 0.0114. The van der Waals surface area contributed by atoms with E-state index in [4.69, 9.17) is 16.2 Å². The van der Waals surface area contributed by atoms with Crippen LogP contribution in [-0.2, 0) is 0 Å². The Balaban J connectivity index is 2.76. The molecule has 1 unspecified atom stereocenters. The number of aryl methyl sites for hydroxylation is 2. The van der Waals surface area contributed by atoms with Crippen LogP contribution in [-0.4, -0.2) is 26.2 Å². The van der Waals surface area contributed by atoms with Crippen molar-refractivity contribution in [1.82, 2.24) is 0 Å². The third-order valence-corrected chi connectivity index (χ3v) is 2.54. The summed E-state index contributed by atoms with van der Waals surface area (Å²) in [7, 11) is 1.69. The van der Waals surface area contributed by atoms with Gasteiger partial charge in [0.25, 0.3) is 0 Å².